The third-order valence-electron chi connectivity index (χ3n) is 2.80. The van der Waals surface area contributed by atoms with Crippen LogP contribution in [-0.2, 0) is 12.4 Å². The van der Waals surface area contributed by atoms with Crippen LogP contribution in [0.4, 0.5) is 26.3 Å². The number of halogens is 6. The average Bonchev–Trinajstić information content (AvgIpc) is 3.03. The molecule has 11 heteroatoms. The lowest BCUT2D eigenvalue weighted by molar-refractivity contribution is -0.150. The van der Waals surface area contributed by atoms with Gasteiger partial charge in [0, 0.05) is 11.6 Å². The van der Waals surface area contributed by atoms with Crippen LogP contribution >= 0.6 is 0 Å². The van der Waals surface area contributed by atoms with E-state index in [0.29, 0.717) is 15.6 Å². The van der Waals surface area contributed by atoms with E-state index in [0.717, 1.165) is 6.20 Å². The second-order valence-corrected chi connectivity index (χ2v) is 4.32. The number of aromatic amines is 1. The highest BCUT2D eigenvalue weighted by atomic mass is 19.4. The lowest BCUT2D eigenvalue weighted by Gasteiger charge is -2.09. The normalized spacial score (nSPS) is 13.0. The molecule has 0 saturated heterocycles. The Kier molecular flexibility index (Phi) is 2.90. The summed E-state index contributed by atoms with van der Waals surface area (Å²) in [5, 5.41) is 6.48. The lowest BCUT2D eigenvalue weighted by Crippen LogP contribution is -2.14. The molecule has 0 aliphatic rings. The van der Waals surface area contributed by atoms with Gasteiger partial charge in [0.05, 0.1) is 18.1 Å². The Morgan fingerprint density at radius 2 is 1.73 bits per heavy atom. The van der Waals surface area contributed by atoms with Gasteiger partial charge in [-0.05, 0) is 6.07 Å². The van der Waals surface area contributed by atoms with E-state index in [1.54, 1.807) is 0 Å². The molecule has 116 valence electrons. The molecule has 1 N–H and O–H groups in total. The molecular weight excluding hydrogens is 316 g/mol. The first-order valence-electron chi connectivity index (χ1n) is 5.69. The summed E-state index contributed by atoms with van der Waals surface area (Å²) in [5.41, 5.74) is -1.54. The van der Waals surface area contributed by atoms with E-state index in [1.165, 1.54) is 12.3 Å². The topological polar surface area (TPSA) is 59.4 Å². The number of H-pyrrole nitrogens is 1. The number of aromatic nitrogens is 5. The lowest BCUT2D eigenvalue weighted by atomic mass is 10.3. The molecule has 0 spiro atoms. The smallest absolute Gasteiger partial charge is 0.294 e. The quantitative estimate of drug-likeness (QED) is 0.700. The zero-order valence-electron chi connectivity index (χ0n) is 10.4. The molecular formula is C11H5F6N5. The van der Waals surface area contributed by atoms with Crippen LogP contribution in [0.15, 0.2) is 24.7 Å². The van der Waals surface area contributed by atoms with E-state index in [4.69, 9.17) is 0 Å². The van der Waals surface area contributed by atoms with Crippen LogP contribution in [0.25, 0.3) is 16.7 Å². The summed E-state index contributed by atoms with van der Waals surface area (Å²) in [4.78, 5) is 6.46. The molecule has 0 aromatic carbocycles. The van der Waals surface area contributed by atoms with Gasteiger partial charge in [-0.3, -0.25) is 9.67 Å². The van der Waals surface area contributed by atoms with Gasteiger partial charge in [-0.1, -0.05) is 0 Å². The van der Waals surface area contributed by atoms with E-state index in [9.17, 15) is 26.3 Å². The first kappa shape index (κ1) is 14.4. The van der Waals surface area contributed by atoms with E-state index < -0.39 is 23.9 Å². The Morgan fingerprint density at radius 3 is 2.36 bits per heavy atom. The van der Waals surface area contributed by atoms with Crippen molar-refractivity contribution in [2.24, 2.45) is 0 Å². The summed E-state index contributed by atoms with van der Waals surface area (Å²) in [6.07, 6.45) is -7.46. The predicted octanol–water partition coefficient (Wildman–Crippen LogP) is 3.18. The van der Waals surface area contributed by atoms with Crippen molar-refractivity contribution in [1.82, 2.24) is 24.7 Å². The fourth-order valence-corrected chi connectivity index (χ4v) is 1.87. The maximum absolute atomic E-state index is 12.9. The van der Waals surface area contributed by atoms with Crippen molar-refractivity contribution in [3.8, 4) is 5.69 Å². The molecule has 3 aromatic heterocycles. The zero-order chi connectivity index (χ0) is 16.1. The zero-order valence-corrected chi connectivity index (χ0v) is 10.4. The number of hydrogen-bond acceptors (Lipinski definition) is 3. The summed E-state index contributed by atoms with van der Waals surface area (Å²) in [5.74, 6) is -1.68. The molecule has 0 radical (unpaired) electrons. The van der Waals surface area contributed by atoms with Crippen LogP contribution in [0.2, 0.25) is 0 Å². The largest absolute Gasteiger partial charge is 0.450 e. The SMILES string of the molecule is FC(F)(F)c1cn(-c2cnc3[nH]ncc3c2)c(C(F)(F)F)n1. The van der Waals surface area contributed by atoms with Crippen LogP contribution in [0.1, 0.15) is 11.5 Å². The predicted molar refractivity (Wildman–Crippen MR) is 61.0 cm³/mol. The van der Waals surface area contributed by atoms with Gasteiger partial charge in [0.15, 0.2) is 11.3 Å². The minimum atomic E-state index is -5.05. The summed E-state index contributed by atoms with van der Waals surface area (Å²) < 4.78 is 76.9. The molecule has 0 aliphatic carbocycles. The number of alkyl halides is 6. The van der Waals surface area contributed by atoms with Crippen molar-refractivity contribution in [3.05, 3.63) is 36.2 Å². The van der Waals surface area contributed by atoms with Crippen molar-refractivity contribution in [1.29, 1.82) is 0 Å². The summed E-state index contributed by atoms with van der Waals surface area (Å²) >= 11 is 0. The Hall–Kier alpha value is -2.59. The molecule has 0 saturated carbocycles. The Labute approximate surface area is 117 Å². The van der Waals surface area contributed by atoms with Crippen molar-refractivity contribution in [3.63, 3.8) is 0 Å². The number of imidazole rings is 1. The van der Waals surface area contributed by atoms with Gasteiger partial charge in [0.1, 0.15) is 0 Å². The van der Waals surface area contributed by atoms with Gasteiger partial charge < -0.3 is 0 Å². The van der Waals surface area contributed by atoms with E-state index >= 15 is 0 Å². The summed E-state index contributed by atoms with van der Waals surface area (Å²) in [6, 6.07) is 1.23. The first-order valence-corrected chi connectivity index (χ1v) is 5.69. The highest BCUT2D eigenvalue weighted by Gasteiger charge is 2.42. The van der Waals surface area contributed by atoms with Gasteiger partial charge in [-0.2, -0.15) is 31.4 Å². The van der Waals surface area contributed by atoms with Crippen molar-refractivity contribution < 1.29 is 26.3 Å². The number of rotatable bonds is 1. The van der Waals surface area contributed by atoms with Crippen LogP contribution in [0, 0.1) is 0 Å². The minimum Gasteiger partial charge on any atom is -0.294 e. The third-order valence-corrected chi connectivity index (χ3v) is 2.80. The molecule has 22 heavy (non-hydrogen) atoms. The monoisotopic (exact) mass is 321 g/mol. The molecule has 3 aromatic rings. The van der Waals surface area contributed by atoms with Gasteiger partial charge in [-0.15, -0.1) is 0 Å². The fourth-order valence-electron chi connectivity index (χ4n) is 1.87. The van der Waals surface area contributed by atoms with Crippen LogP contribution < -0.4 is 0 Å². The van der Waals surface area contributed by atoms with Crippen LogP contribution in [0.3, 0.4) is 0 Å². The number of nitrogens with one attached hydrogen (secondary N) is 1. The maximum atomic E-state index is 12.9. The van der Waals surface area contributed by atoms with E-state index in [2.05, 4.69) is 20.2 Å². The van der Waals surface area contributed by atoms with Gasteiger partial charge in [0.25, 0.3) is 0 Å². The van der Waals surface area contributed by atoms with E-state index in [-0.39, 0.29) is 11.9 Å². The molecule has 5 nitrogen and oxygen atoms in total. The Morgan fingerprint density at radius 1 is 1.00 bits per heavy atom. The average molecular weight is 321 g/mol. The second kappa shape index (κ2) is 4.45. The Balaban J connectivity index is 2.21. The van der Waals surface area contributed by atoms with Crippen molar-refractivity contribution in [2.45, 2.75) is 12.4 Å². The van der Waals surface area contributed by atoms with Crippen molar-refractivity contribution in [2.75, 3.05) is 0 Å². The second-order valence-electron chi connectivity index (χ2n) is 4.32. The Bertz CT molecular complexity index is 827. The maximum Gasteiger partial charge on any atom is 0.450 e. The number of pyridine rings is 1. The first-order chi connectivity index (χ1) is 10.2. The van der Waals surface area contributed by atoms with Crippen LogP contribution in [0.5, 0.6) is 0 Å². The summed E-state index contributed by atoms with van der Waals surface area (Å²) in [7, 11) is 0. The number of fused-ring (bicyclic) bond motifs is 1. The minimum absolute atomic E-state index is 0.204. The highest BCUT2D eigenvalue weighted by Crippen LogP contribution is 2.35. The van der Waals surface area contributed by atoms with Crippen LogP contribution in [-0.4, -0.2) is 24.7 Å². The third kappa shape index (κ3) is 2.38. The standard InChI is InChI=1S/C11H5F6N5/c12-10(13,14)7-4-22(9(20-7)11(15,16)17)6-1-5-2-19-21-8(5)18-3-6/h1-4H,(H,18,19,21). The molecule has 0 aliphatic heterocycles. The van der Waals surface area contributed by atoms with Gasteiger partial charge in [0.2, 0.25) is 5.82 Å². The van der Waals surface area contributed by atoms with E-state index in [1.807, 2.05) is 0 Å². The fraction of sp³-hybridized carbons (Fsp3) is 0.182. The van der Waals surface area contributed by atoms with Gasteiger partial charge in [-0.25, -0.2) is 9.97 Å². The molecule has 0 bridgehead atoms. The number of hydrogen-bond donors (Lipinski definition) is 1. The number of nitrogens with zero attached hydrogens (tertiary/aromatic N) is 4. The molecule has 0 unspecified atom stereocenters. The molecule has 0 amide bonds. The molecule has 3 rings (SSSR count). The molecule has 0 atom stereocenters. The molecule has 3 heterocycles. The highest BCUT2D eigenvalue weighted by molar-refractivity contribution is 5.75. The summed E-state index contributed by atoms with van der Waals surface area (Å²) in [6.45, 7) is 0. The van der Waals surface area contributed by atoms with Gasteiger partial charge >= 0.3 is 12.4 Å². The van der Waals surface area contributed by atoms with Crippen molar-refractivity contribution >= 4 is 11.0 Å². The molecule has 0 fully saturated rings.